The Morgan fingerprint density at radius 2 is 2.00 bits per heavy atom. The number of oxazole rings is 1. The van der Waals surface area contributed by atoms with Crippen molar-refractivity contribution in [1.29, 1.82) is 0 Å². The molecule has 4 rings (SSSR count). The standard InChI is InChI=1S/C16H20N2O3.ClH/c1-20-16(10-4-2-5-11(16)9-17-8-10)12-6-3-7-13-14(12)21-15(19)18-13;/h3,6-7,10-11,17H,2,4-5,8-9H2,1H3,(H,18,19);1H. The summed E-state index contributed by atoms with van der Waals surface area (Å²) < 4.78 is 11.6. The summed E-state index contributed by atoms with van der Waals surface area (Å²) in [7, 11) is 1.79. The first kappa shape index (κ1) is 15.6. The zero-order chi connectivity index (χ0) is 14.4. The summed E-state index contributed by atoms with van der Waals surface area (Å²) in [5.41, 5.74) is 2.09. The molecule has 1 aromatic heterocycles. The number of benzene rings is 1. The van der Waals surface area contributed by atoms with E-state index in [4.69, 9.17) is 9.15 Å². The number of hydrogen-bond donors (Lipinski definition) is 2. The number of rotatable bonds is 2. The van der Waals surface area contributed by atoms with Crippen LogP contribution in [0.2, 0.25) is 0 Å². The molecule has 6 heteroatoms. The quantitative estimate of drug-likeness (QED) is 0.890. The van der Waals surface area contributed by atoms with Gasteiger partial charge < -0.3 is 14.5 Å². The fourth-order valence-electron chi connectivity index (χ4n) is 4.48. The van der Waals surface area contributed by atoms with Crippen LogP contribution in [0.1, 0.15) is 24.8 Å². The predicted octanol–water partition coefficient (Wildman–Crippen LogP) is 2.40. The first-order chi connectivity index (χ1) is 10.3. The highest BCUT2D eigenvalue weighted by molar-refractivity contribution is 5.85. The molecule has 2 aliphatic rings. The molecule has 1 aliphatic heterocycles. The van der Waals surface area contributed by atoms with Crippen molar-refractivity contribution < 1.29 is 9.15 Å². The molecule has 0 amide bonds. The normalized spacial score (nSPS) is 31.0. The Kier molecular flexibility index (Phi) is 4.05. The second-order valence-electron chi connectivity index (χ2n) is 6.18. The SMILES string of the molecule is COC1(c2cccc3[nH]c(=O)oc23)C2CCCC1CNC2.Cl. The zero-order valence-corrected chi connectivity index (χ0v) is 13.4. The highest BCUT2D eigenvalue weighted by Crippen LogP contribution is 2.51. The highest BCUT2D eigenvalue weighted by atomic mass is 35.5. The molecule has 2 aromatic rings. The molecule has 2 heterocycles. The van der Waals surface area contributed by atoms with E-state index in [0.717, 1.165) is 37.0 Å². The lowest BCUT2D eigenvalue weighted by atomic mass is 9.62. The fraction of sp³-hybridized carbons (Fsp3) is 0.562. The van der Waals surface area contributed by atoms with E-state index in [-0.39, 0.29) is 18.0 Å². The molecule has 0 spiro atoms. The maximum Gasteiger partial charge on any atom is 0.417 e. The van der Waals surface area contributed by atoms with Gasteiger partial charge >= 0.3 is 5.76 Å². The molecule has 1 saturated carbocycles. The molecule has 1 aliphatic carbocycles. The number of halogens is 1. The molecule has 2 atom stereocenters. The molecular formula is C16H21ClN2O3. The average molecular weight is 325 g/mol. The Labute approximate surface area is 134 Å². The van der Waals surface area contributed by atoms with Crippen molar-refractivity contribution in [3.63, 3.8) is 0 Å². The van der Waals surface area contributed by atoms with Gasteiger partial charge in [0.15, 0.2) is 5.58 Å². The number of H-pyrrole nitrogens is 1. The summed E-state index contributed by atoms with van der Waals surface area (Å²) in [6, 6.07) is 5.91. The Balaban J connectivity index is 0.00000144. The van der Waals surface area contributed by atoms with Gasteiger partial charge in [-0.05, 0) is 18.9 Å². The topological polar surface area (TPSA) is 67.3 Å². The number of piperidine rings is 1. The third-order valence-electron chi connectivity index (χ3n) is 5.30. The number of hydrogen-bond acceptors (Lipinski definition) is 4. The Hall–Kier alpha value is -1.30. The van der Waals surface area contributed by atoms with Gasteiger partial charge in [0.2, 0.25) is 0 Å². The predicted molar refractivity (Wildman–Crippen MR) is 86.5 cm³/mol. The second kappa shape index (κ2) is 5.72. The minimum absolute atomic E-state index is 0. The molecule has 2 unspecified atom stereocenters. The lowest BCUT2D eigenvalue weighted by molar-refractivity contribution is -0.143. The van der Waals surface area contributed by atoms with Gasteiger partial charge in [0.05, 0.1) is 5.52 Å². The molecule has 2 bridgehead atoms. The largest absolute Gasteiger partial charge is 0.417 e. The Bertz CT molecular complexity index is 701. The molecule has 1 saturated heterocycles. The number of aromatic nitrogens is 1. The van der Waals surface area contributed by atoms with Crippen LogP contribution in [-0.4, -0.2) is 25.2 Å². The van der Waals surface area contributed by atoms with E-state index in [2.05, 4.69) is 16.4 Å². The third-order valence-corrected chi connectivity index (χ3v) is 5.30. The van der Waals surface area contributed by atoms with Gasteiger partial charge in [0.1, 0.15) is 5.60 Å². The van der Waals surface area contributed by atoms with Crippen molar-refractivity contribution in [1.82, 2.24) is 10.3 Å². The van der Waals surface area contributed by atoms with Crippen molar-refractivity contribution in [2.75, 3.05) is 20.2 Å². The van der Waals surface area contributed by atoms with Crippen LogP contribution >= 0.6 is 12.4 Å². The summed E-state index contributed by atoms with van der Waals surface area (Å²) in [5.74, 6) is 0.435. The van der Waals surface area contributed by atoms with Crippen molar-refractivity contribution in [2.45, 2.75) is 24.9 Å². The molecular weight excluding hydrogens is 304 g/mol. The second-order valence-corrected chi connectivity index (χ2v) is 6.18. The van der Waals surface area contributed by atoms with E-state index in [1.165, 1.54) is 6.42 Å². The molecule has 2 N–H and O–H groups in total. The smallest absolute Gasteiger partial charge is 0.407 e. The van der Waals surface area contributed by atoms with Crippen molar-refractivity contribution >= 4 is 23.5 Å². The number of methoxy groups -OCH3 is 1. The summed E-state index contributed by atoms with van der Waals surface area (Å²) in [6.45, 7) is 1.91. The van der Waals surface area contributed by atoms with Crippen LogP contribution in [0.25, 0.3) is 11.1 Å². The van der Waals surface area contributed by atoms with Gasteiger partial charge in [0.25, 0.3) is 0 Å². The summed E-state index contributed by atoms with van der Waals surface area (Å²) >= 11 is 0. The van der Waals surface area contributed by atoms with Gasteiger partial charge in [-0.15, -0.1) is 12.4 Å². The maximum atomic E-state index is 11.6. The van der Waals surface area contributed by atoms with Gasteiger partial charge in [-0.3, -0.25) is 4.98 Å². The van der Waals surface area contributed by atoms with E-state index in [1.807, 2.05) is 12.1 Å². The van der Waals surface area contributed by atoms with Gasteiger partial charge in [-0.2, -0.15) is 0 Å². The first-order valence-electron chi connectivity index (χ1n) is 7.64. The minimum Gasteiger partial charge on any atom is -0.407 e. The Morgan fingerprint density at radius 3 is 2.68 bits per heavy atom. The van der Waals surface area contributed by atoms with Crippen LogP contribution in [0.4, 0.5) is 0 Å². The number of fused-ring (bicyclic) bond motifs is 3. The Morgan fingerprint density at radius 1 is 1.27 bits per heavy atom. The minimum atomic E-state index is -0.400. The average Bonchev–Trinajstić information content (AvgIpc) is 2.86. The van der Waals surface area contributed by atoms with Crippen molar-refractivity contribution in [3.05, 3.63) is 34.3 Å². The third kappa shape index (κ3) is 2.03. The molecule has 0 radical (unpaired) electrons. The summed E-state index contributed by atoms with van der Waals surface area (Å²) in [6.07, 6.45) is 3.53. The van der Waals surface area contributed by atoms with E-state index in [9.17, 15) is 4.79 Å². The first-order valence-corrected chi connectivity index (χ1v) is 7.64. The molecule has 120 valence electrons. The molecule has 22 heavy (non-hydrogen) atoms. The summed E-state index contributed by atoms with van der Waals surface area (Å²) in [4.78, 5) is 14.3. The van der Waals surface area contributed by atoms with Crippen molar-refractivity contribution in [2.24, 2.45) is 11.8 Å². The van der Waals surface area contributed by atoms with Gasteiger partial charge in [0, 0.05) is 37.6 Å². The maximum absolute atomic E-state index is 11.6. The van der Waals surface area contributed by atoms with E-state index in [1.54, 1.807) is 7.11 Å². The van der Waals surface area contributed by atoms with Crippen LogP contribution in [0, 0.1) is 11.8 Å². The molecule has 5 nitrogen and oxygen atoms in total. The molecule has 1 aromatic carbocycles. The number of ether oxygens (including phenoxy) is 1. The lowest BCUT2D eigenvalue weighted by Crippen LogP contribution is -2.57. The van der Waals surface area contributed by atoms with Gasteiger partial charge in [-0.1, -0.05) is 18.6 Å². The number of aromatic amines is 1. The monoisotopic (exact) mass is 324 g/mol. The van der Waals surface area contributed by atoms with E-state index < -0.39 is 5.76 Å². The summed E-state index contributed by atoms with van der Waals surface area (Å²) in [5, 5.41) is 3.52. The van der Waals surface area contributed by atoms with Crippen LogP contribution in [0.15, 0.2) is 27.4 Å². The van der Waals surface area contributed by atoms with Crippen LogP contribution in [0.3, 0.4) is 0 Å². The number of para-hydroxylation sites is 1. The van der Waals surface area contributed by atoms with Crippen molar-refractivity contribution in [3.8, 4) is 0 Å². The highest BCUT2D eigenvalue weighted by Gasteiger charge is 2.52. The fourth-order valence-corrected chi connectivity index (χ4v) is 4.48. The molecule has 2 fully saturated rings. The van der Waals surface area contributed by atoms with E-state index >= 15 is 0 Å². The van der Waals surface area contributed by atoms with Crippen LogP contribution in [-0.2, 0) is 10.3 Å². The van der Waals surface area contributed by atoms with Crippen LogP contribution < -0.4 is 11.1 Å². The van der Waals surface area contributed by atoms with E-state index in [0.29, 0.717) is 17.4 Å². The zero-order valence-electron chi connectivity index (χ0n) is 12.6. The van der Waals surface area contributed by atoms with Crippen LogP contribution in [0.5, 0.6) is 0 Å². The number of nitrogens with one attached hydrogen (secondary N) is 2. The lowest BCUT2D eigenvalue weighted by Gasteiger charge is -2.52. The van der Waals surface area contributed by atoms with Gasteiger partial charge in [-0.25, -0.2) is 4.79 Å².